The van der Waals surface area contributed by atoms with Crippen LogP contribution in [0, 0.1) is 5.82 Å². The third kappa shape index (κ3) is 4.43. The van der Waals surface area contributed by atoms with Crippen LogP contribution in [0.4, 0.5) is 27.1 Å². The number of carbonyl (C=O) groups is 1. The summed E-state index contributed by atoms with van der Waals surface area (Å²) < 4.78 is 15.5. The lowest BCUT2D eigenvalue weighted by molar-refractivity contribution is -0.118. The van der Waals surface area contributed by atoms with E-state index in [2.05, 4.69) is 49.3 Å². The topological polar surface area (TPSA) is 65.4 Å². The highest BCUT2D eigenvalue weighted by Gasteiger charge is 2.33. The van der Waals surface area contributed by atoms with Crippen molar-refractivity contribution in [3.05, 3.63) is 102 Å². The van der Waals surface area contributed by atoms with Gasteiger partial charge in [0.2, 0.25) is 0 Å². The summed E-state index contributed by atoms with van der Waals surface area (Å²) in [6.45, 7) is 3.41. The first-order chi connectivity index (χ1) is 20.6. The predicted octanol–water partition coefficient (Wildman–Crippen LogP) is 6.28. The minimum absolute atomic E-state index is 0.0793. The first-order valence-corrected chi connectivity index (χ1v) is 14.6. The van der Waals surface area contributed by atoms with E-state index in [1.807, 2.05) is 54.6 Å². The average Bonchev–Trinajstić information content (AvgIpc) is 3.78. The standard InChI is InChI=1S/C34H31FN6O/c35-23-6-11-26(12-7-23)39-16-18-40(19-17-39)27-13-15-31-30(21-27)37-33-28-20-25(36-24-8-9-24)10-14-29(28)38-34(42)32(41(31)33)22-4-2-1-3-5-22/h1-7,10-15,20-21,24,32,36H,8-9,16-19H2,(H,38,42). The van der Waals surface area contributed by atoms with Crippen molar-refractivity contribution in [2.24, 2.45) is 0 Å². The van der Waals surface area contributed by atoms with Crippen LogP contribution in [0.15, 0.2) is 91.0 Å². The summed E-state index contributed by atoms with van der Waals surface area (Å²) in [5, 5.41) is 6.78. The minimum Gasteiger partial charge on any atom is -0.382 e. The van der Waals surface area contributed by atoms with Crippen LogP contribution in [-0.2, 0) is 4.79 Å². The Morgan fingerprint density at radius 1 is 0.810 bits per heavy atom. The quantitative estimate of drug-likeness (QED) is 0.266. The van der Waals surface area contributed by atoms with Crippen molar-refractivity contribution in [2.75, 3.05) is 46.6 Å². The first-order valence-electron chi connectivity index (χ1n) is 14.6. The summed E-state index contributed by atoms with van der Waals surface area (Å²) in [4.78, 5) is 23.7. The monoisotopic (exact) mass is 558 g/mol. The van der Waals surface area contributed by atoms with E-state index >= 15 is 0 Å². The van der Waals surface area contributed by atoms with E-state index in [0.29, 0.717) is 6.04 Å². The molecule has 1 atom stereocenters. The largest absolute Gasteiger partial charge is 0.382 e. The smallest absolute Gasteiger partial charge is 0.252 e. The molecule has 4 aromatic carbocycles. The molecule has 1 aliphatic carbocycles. The van der Waals surface area contributed by atoms with E-state index in [9.17, 15) is 9.18 Å². The molecule has 1 saturated heterocycles. The number of piperazine rings is 1. The van der Waals surface area contributed by atoms with E-state index in [-0.39, 0.29) is 11.7 Å². The molecule has 42 heavy (non-hydrogen) atoms. The van der Waals surface area contributed by atoms with E-state index in [0.717, 1.165) is 76.9 Å². The second kappa shape index (κ2) is 9.91. The van der Waals surface area contributed by atoms with Crippen molar-refractivity contribution in [3.8, 4) is 11.4 Å². The Morgan fingerprint density at radius 2 is 1.52 bits per heavy atom. The van der Waals surface area contributed by atoms with Gasteiger partial charge in [-0.1, -0.05) is 30.3 Å². The fourth-order valence-electron chi connectivity index (χ4n) is 6.26. The number of fused-ring (bicyclic) bond motifs is 5. The molecule has 3 aliphatic rings. The number of nitrogens with one attached hydrogen (secondary N) is 2. The zero-order valence-corrected chi connectivity index (χ0v) is 23.1. The highest BCUT2D eigenvalue weighted by Crippen LogP contribution is 2.41. The first kappa shape index (κ1) is 24.9. The Labute approximate surface area is 243 Å². The van der Waals surface area contributed by atoms with Crippen molar-refractivity contribution >= 4 is 39.7 Å². The SMILES string of the molecule is O=C1Nc2ccc(NC3CC3)cc2-c2nc3cc(N4CCN(c5ccc(F)cc5)CC4)ccc3n2C1c1ccccc1. The number of hydrogen-bond acceptors (Lipinski definition) is 5. The molecule has 0 bridgehead atoms. The van der Waals surface area contributed by atoms with Gasteiger partial charge in [-0.05, 0) is 79.1 Å². The Hall–Kier alpha value is -4.85. The molecular weight excluding hydrogens is 527 g/mol. The Morgan fingerprint density at radius 3 is 2.26 bits per heavy atom. The number of anilines is 4. The molecule has 0 spiro atoms. The van der Waals surface area contributed by atoms with Crippen LogP contribution in [-0.4, -0.2) is 47.7 Å². The van der Waals surface area contributed by atoms with Gasteiger partial charge in [0.05, 0.1) is 16.7 Å². The van der Waals surface area contributed by atoms with E-state index in [1.165, 1.54) is 25.0 Å². The minimum atomic E-state index is -0.552. The van der Waals surface area contributed by atoms with E-state index in [4.69, 9.17) is 4.98 Å². The molecule has 1 saturated carbocycles. The summed E-state index contributed by atoms with van der Waals surface area (Å²) >= 11 is 0. The van der Waals surface area contributed by atoms with Gasteiger partial charge in [0.25, 0.3) is 5.91 Å². The zero-order valence-electron chi connectivity index (χ0n) is 23.1. The van der Waals surface area contributed by atoms with Gasteiger partial charge in [-0.15, -0.1) is 0 Å². The zero-order chi connectivity index (χ0) is 28.2. The second-order valence-corrected chi connectivity index (χ2v) is 11.4. The fourth-order valence-corrected chi connectivity index (χ4v) is 6.26. The molecule has 1 unspecified atom stereocenters. The second-order valence-electron chi connectivity index (χ2n) is 11.4. The molecule has 2 N–H and O–H groups in total. The van der Waals surface area contributed by atoms with Crippen LogP contribution in [0.1, 0.15) is 24.4 Å². The maximum absolute atomic E-state index is 13.8. The van der Waals surface area contributed by atoms with E-state index < -0.39 is 6.04 Å². The lowest BCUT2D eigenvalue weighted by Crippen LogP contribution is -2.46. The molecule has 7 nitrogen and oxygen atoms in total. The number of aromatic nitrogens is 2. The number of benzene rings is 4. The molecule has 1 amide bonds. The maximum Gasteiger partial charge on any atom is 0.252 e. The highest BCUT2D eigenvalue weighted by atomic mass is 19.1. The number of halogens is 1. The third-order valence-electron chi connectivity index (χ3n) is 8.60. The van der Waals surface area contributed by atoms with Gasteiger partial charge >= 0.3 is 0 Å². The lowest BCUT2D eigenvalue weighted by Gasteiger charge is -2.37. The number of amides is 1. The molecule has 1 aromatic heterocycles. The summed E-state index contributed by atoms with van der Waals surface area (Å²) in [6.07, 6.45) is 2.37. The van der Waals surface area contributed by atoms with Crippen molar-refractivity contribution in [1.82, 2.24) is 9.55 Å². The Kier molecular flexibility index (Phi) is 5.87. The van der Waals surface area contributed by atoms with Crippen LogP contribution in [0.5, 0.6) is 0 Å². The highest BCUT2D eigenvalue weighted by molar-refractivity contribution is 6.03. The molecule has 2 aliphatic heterocycles. The van der Waals surface area contributed by atoms with Gasteiger partial charge in [-0.2, -0.15) is 0 Å². The van der Waals surface area contributed by atoms with Crippen molar-refractivity contribution in [1.29, 1.82) is 0 Å². The summed E-state index contributed by atoms with van der Waals surface area (Å²) in [5.41, 5.74) is 7.60. The van der Waals surface area contributed by atoms with Gasteiger partial charge in [0.1, 0.15) is 17.7 Å². The summed E-state index contributed by atoms with van der Waals surface area (Å²) in [7, 11) is 0. The fraction of sp³-hybridized carbons (Fsp3) is 0.235. The van der Waals surface area contributed by atoms with Gasteiger partial charge in [-0.25, -0.2) is 9.37 Å². The number of hydrogen-bond donors (Lipinski definition) is 2. The van der Waals surface area contributed by atoms with Crippen LogP contribution >= 0.6 is 0 Å². The molecule has 8 heteroatoms. The number of carbonyl (C=O) groups excluding carboxylic acids is 1. The average molecular weight is 559 g/mol. The maximum atomic E-state index is 13.8. The Bertz CT molecular complexity index is 1790. The Balaban J connectivity index is 1.18. The van der Waals surface area contributed by atoms with Crippen molar-refractivity contribution < 1.29 is 9.18 Å². The van der Waals surface area contributed by atoms with Gasteiger partial charge in [0.15, 0.2) is 0 Å². The summed E-state index contributed by atoms with van der Waals surface area (Å²) in [6, 6.07) is 29.2. The lowest BCUT2D eigenvalue weighted by atomic mass is 10.1. The number of rotatable bonds is 5. The molecule has 2 fully saturated rings. The molecule has 8 rings (SSSR count). The van der Waals surface area contributed by atoms with E-state index in [1.54, 1.807) is 0 Å². The van der Waals surface area contributed by atoms with Crippen LogP contribution in [0.2, 0.25) is 0 Å². The van der Waals surface area contributed by atoms with Gasteiger partial charge < -0.3 is 25.0 Å². The van der Waals surface area contributed by atoms with Crippen molar-refractivity contribution in [2.45, 2.75) is 24.9 Å². The normalized spacial score (nSPS) is 18.3. The van der Waals surface area contributed by atoms with Crippen LogP contribution in [0.25, 0.3) is 22.4 Å². The van der Waals surface area contributed by atoms with Crippen LogP contribution < -0.4 is 20.4 Å². The number of imidazole rings is 1. The summed E-state index contributed by atoms with van der Waals surface area (Å²) in [5.74, 6) is 0.489. The van der Waals surface area contributed by atoms with Crippen molar-refractivity contribution in [3.63, 3.8) is 0 Å². The molecule has 210 valence electrons. The molecule has 0 radical (unpaired) electrons. The van der Waals surface area contributed by atoms with Gasteiger partial charge in [0, 0.05) is 54.8 Å². The predicted molar refractivity (Wildman–Crippen MR) is 166 cm³/mol. The van der Waals surface area contributed by atoms with Gasteiger partial charge in [-0.3, -0.25) is 4.79 Å². The molecule has 5 aromatic rings. The number of nitrogens with zero attached hydrogens (tertiary/aromatic N) is 4. The van der Waals surface area contributed by atoms with Crippen LogP contribution in [0.3, 0.4) is 0 Å². The molecular formula is C34H31FN6O. The molecule has 3 heterocycles. The third-order valence-corrected chi connectivity index (χ3v) is 8.60.